The molecule has 0 saturated carbocycles. The van der Waals surface area contributed by atoms with Crippen LogP contribution in [0.1, 0.15) is 0 Å². The minimum Gasteiger partial charge on any atom is -0.479 e. The second-order valence-corrected chi connectivity index (χ2v) is 2.37. The largest absolute Gasteiger partial charge is 0.479 e. The number of rotatable bonds is 3. The molecule has 0 unspecified atom stereocenters. The molecular formula is C7H6ClNO3. The lowest BCUT2D eigenvalue weighted by Crippen LogP contribution is -2.10. The van der Waals surface area contributed by atoms with Crippen LogP contribution in [0.2, 0.25) is 5.15 Å². The number of aliphatic carboxylic acids is 1. The molecule has 0 aliphatic carbocycles. The molecule has 12 heavy (non-hydrogen) atoms. The van der Waals surface area contributed by atoms with Gasteiger partial charge in [0.2, 0.25) is 5.88 Å². The Balaban J connectivity index is 2.57. The fourth-order valence-corrected chi connectivity index (χ4v) is 0.762. The monoisotopic (exact) mass is 187 g/mol. The summed E-state index contributed by atoms with van der Waals surface area (Å²) in [7, 11) is 0. The molecule has 0 aliphatic rings. The first-order valence-electron chi connectivity index (χ1n) is 3.15. The summed E-state index contributed by atoms with van der Waals surface area (Å²) < 4.78 is 4.75. The summed E-state index contributed by atoms with van der Waals surface area (Å²) in [6.45, 7) is -0.409. The van der Waals surface area contributed by atoms with Crippen LogP contribution in [0.5, 0.6) is 5.88 Å². The lowest BCUT2D eigenvalue weighted by atomic mass is 10.5. The van der Waals surface area contributed by atoms with E-state index >= 15 is 0 Å². The summed E-state index contributed by atoms with van der Waals surface area (Å²) in [6.07, 6.45) is 0. The van der Waals surface area contributed by atoms with E-state index in [4.69, 9.17) is 21.4 Å². The summed E-state index contributed by atoms with van der Waals surface area (Å²) >= 11 is 5.52. The van der Waals surface area contributed by atoms with Crippen molar-refractivity contribution in [3.63, 3.8) is 0 Å². The Labute approximate surface area is 73.8 Å². The van der Waals surface area contributed by atoms with Gasteiger partial charge in [-0.25, -0.2) is 9.78 Å². The number of ether oxygens (including phenoxy) is 1. The summed E-state index contributed by atoms with van der Waals surface area (Å²) in [4.78, 5) is 13.8. The van der Waals surface area contributed by atoms with Crippen molar-refractivity contribution in [1.29, 1.82) is 0 Å². The van der Waals surface area contributed by atoms with E-state index in [0.29, 0.717) is 0 Å². The van der Waals surface area contributed by atoms with Gasteiger partial charge >= 0.3 is 5.97 Å². The van der Waals surface area contributed by atoms with Gasteiger partial charge in [-0.2, -0.15) is 0 Å². The molecule has 64 valence electrons. The molecular weight excluding hydrogens is 182 g/mol. The minimum absolute atomic E-state index is 0.213. The average Bonchev–Trinajstić information content (AvgIpc) is 2.01. The van der Waals surface area contributed by atoms with Crippen LogP contribution >= 0.6 is 11.6 Å². The quantitative estimate of drug-likeness (QED) is 0.723. The van der Waals surface area contributed by atoms with Gasteiger partial charge in [0.25, 0.3) is 0 Å². The second-order valence-electron chi connectivity index (χ2n) is 1.98. The highest BCUT2D eigenvalue weighted by Crippen LogP contribution is 2.10. The molecule has 0 saturated heterocycles. The molecule has 0 atom stereocenters. The van der Waals surface area contributed by atoms with Crippen LogP contribution in [0.4, 0.5) is 0 Å². The normalized spacial score (nSPS) is 9.42. The number of carboxylic acid groups (broad SMARTS) is 1. The smallest absolute Gasteiger partial charge is 0.341 e. The van der Waals surface area contributed by atoms with Crippen molar-refractivity contribution >= 4 is 17.6 Å². The van der Waals surface area contributed by atoms with Crippen LogP contribution in [0.15, 0.2) is 18.2 Å². The Morgan fingerprint density at radius 3 is 3.00 bits per heavy atom. The highest BCUT2D eigenvalue weighted by atomic mass is 35.5. The van der Waals surface area contributed by atoms with Crippen molar-refractivity contribution in [2.45, 2.75) is 0 Å². The van der Waals surface area contributed by atoms with Crippen LogP contribution in [0, 0.1) is 0 Å². The molecule has 0 amide bonds. The van der Waals surface area contributed by atoms with Crippen LogP contribution < -0.4 is 4.74 Å². The maximum Gasteiger partial charge on any atom is 0.341 e. The zero-order valence-corrected chi connectivity index (χ0v) is 6.78. The van der Waals surface area contributed by atoms with E-state index in [1.807, 2.05) is 0 Å². The van der Waals surface area contributed by atoms with E-state index in [-0.39, 0.29) is 11.0 Å². The van der Waals surface area contributed by atoms with Crippen LogP contribution in [-0.4, -0.2) is 22.7 Å². The van der Waals surface area contributed by atoms with Crippen LogP contribution in [0.25, 0.3) is 0 Å². The van der Waals surface area contributed by atoms with Gasteiger partial charge in [0.15, 0.2) is 6.61 Å². The SMILES string of the molecule is O=C(O)COc1cccc(Cl)n1. The van der Waals surface area contributed by atoms with Gasteiger partial charge in [-0.1, -0.05) is 17.7 Å². The van der Waals surface area contributed by atoms with E-state index in [9.17, 15) is 4.79 Å². The second kappa shape index (κ2) is 3.92. The summed E-state index contributed by atoms with van der Waals surface area (Å²) in [5.41, 5.74) is 0. The molecule has 1 aromatic heterocycles. The van der Waals surface area contributed by atoms with Crippen molar-refractivity contribution in [3.05, 3.63) is 23.4 Å². The van der Waals surface area contributed by atoms with Crippen molar-refractivity contribution in [2.75, 3.05) is 6.61 Å². The van der Waals surface area contributed by atoms with E-state index in [0.717, 1.165) is 0 Å². The maximum absolute atomic E-state index is 10.1. The van der Waals surface area contributed by atoms with Gasteiger partial charge in [0.1, 0.15) is 5.15 Å². The molecule has 0 fully saturated rings. The first kappa shape index (κ1) is 8.80. The molecule has 0 bridgehead atoms. The summed E-state index contributed by atoms with van der Waals surface area (Å²) in [5.74, 6) is -0.832. The molecule has 1 heterocycles. The van der Waals surface area contributed by atoms with Gasteiger partial charge in [-0.15, -0.1) is 0 Å². The first-order chi connectivity index (χ1) is 5.68. The van der Waals surface area contributed by atoms with Gasteiger partial charge in [-0.3, -0.25) is 0 Å². The zero-order valence-electron chi connectivity index (χ0n) is 6.03. The Morgan fingerprint density at radius 1 is 1.67 bits per heavy atom. The van der Waals surface area contributed by atoms with Crippen LogP contribution in [-0.2, 0) is 4.79 Å². The zero-order chi connectivity index (χ0) is 8.97. The molecule has 0 aromatic carbocycles. The highest BCUT2D eigenvalue weighted by Gasteiger charge is 1.99. The van der Waals surface area contributed by atoms with E-state index in [2.05, 4.69) is 4.98 Å². The average molecular weight is 188 g/mol. The third kappa shape index (κ3) is 2.75. The van der Waals surface area contributed by atoms with E-state index in [1.165, 1.54) is 6.07 Å². The molecule has 4 nitrogen and oxygen atoms in total. The Hall–Kier alpha value is -1.29. The third-order valence-electron chi connectivity index (χ3n) is 1.03. The Bertz CT molecular complexity index is 290. The highest BCUT2D eigenvalue weighted by molar-refractivity contribution is 6.29. The predicted molar refractivity (Wildman–Crippen MR) is 42.4 cm³/mol. The van der Waals surface area contributed by atoms with E-state index in [1.54, 1.807) is 12.1 Å². The number of hydrogen-bond donors (Lipinski definition) is 1. The number of aromatic nitrogens is 1. The van der Waals surface area contributed by atoms with Crippen molar-refractivity contribution in [2.24, 2.45) is 0 Å². The third-order valence-corrected chi connectivity index (χ3v) is 1.24. The van der Waals surface area contributed by atoms with Gasteiger partial charge in [0.05, 0.1) is 0 Å². The first-order valence-corrected chi connectivity index (χ1v) is 3.53. The van der Waals surface area contributed by atoms with E-state index < -0.39 is 12.6 Å². The fourth-order valence-electron chi connectivity index (χ4n) is 0.606. The summed E-state index contributed by atoms with van der Waals surface area (Å²) in [6, 6.07) is 4.75. The topological polar surface area (TPSA) is 59.4 Å². The molecule has 0 aliphatic heterocycles. The lowest BCUT2D eigenvalue weighted by Gasteiger charge is -2.00. The molecule has 0 spiro atoms. The van der Waals surface area contributed by atoms with Crippen molar-refractivity contribution < 1.29 is 14.6 Å². The maximum atomic E-state index is 10.1. The number of pyridine rings is 1. The lowest BCUT2D eigenvalue weighted by molar-refractivity contribution is -0.139. The van der Waals surface area contributed by atoms with Gasteiger partial charge < -0.3 is 9.84 Å². The molecule has 1 aromatic rings. The number of carboxylic acids is 1. The minimum atomic E-state index is -1.04. The van der Waals surface area contributed by atoms with Gasteiger partial charge in [0, 0.05) is 6.07 Å². The predicted octanol–water partition coefficient (Wildman–Crippen LogP) is 1.20. The number of hydrogen-bond acceptors (Lipinski definition) is 3. The Kier molecular flexibility index (Phi) is 2.88. The molecule has 1 rings (SSSR count). The van der Waals surface area contributed by atoms with Crippen molar-refractivity contribution in [1.82, 2.24) is 4.98 Å². The number of halogens is 1. The van der Waals surface area contributed by atoms with Gasteiger partial charge in [-0.05, 0) is 6.07 Å². The van der Waals surface area contributed by atoms with Crippen molar-refractivity contribution in [3.8, 4) is 5.88 Å². The Morgan fingerprint density at radius 2 is 2.42 bits per heavy atom. The summed E-state index contributed by atoms with van der Waals surface area (Å²) in [5, 5.41) is 8.53. The molecule has 5 heteroatoms. The molecule has 0 radical (unpaired) electrons. The molecule has 1 N–H and O–H groups in total. The number of carbonyl (C=O) groups is 1. The fraction of sp³-hybridized carbons (Fsp3) is 0.143. The number of nitrogens with zero attached hydrogens (tertiary/aromatic N) is 1. The standard InChI is InChI=1S/C7H6ClNO3/c8-5-2-1-3-6(9-5)12-4-7(10)11/h1-3H,4H2,(H,10,11). The van der Waals surface area contributed by atoms with Crippen LogP contribution in [0.3, 0.4) is 0 Å².